The van der Waals surface area contributed by atoms with Gasteiger partial charge in [-0.25, -0.2) is 0 Å². The van der Waals surface area contributed by atoms with Crippen LogP contribution in [0, 0.1) is 6.92 Å². The van der Waals surface area contributed by atoms with E-state index in [1.807, 2.05) is 49.9 Å². The Labute approximate surface area is 217 Å². The zero-order valence-electron chi connectivity index (χ0n) is 21.4. The van der Waals surface area contributed by atoms with Crippen molar-refractivity contribution in [1.82, 2.24) is 9.80 Å². The zero-order valence-corrected chi connectivity index (χ0v) is 22.2. The molecule has 2 heterocycles. The number of carbonyl (C=O) groups is 2. The first-order chi connectivity index (χ1) is 17.4. The summed E-state index contributed by atoms with van der Waals surface area (Å²) in [6.07, 6.45) is 1.57. The molecule has 2 unspecified atom stereocenters. The Kier molecular flexibility index (Phi) is 8.31. The molecule has 2 amide bonds. The van der Waals surface area contributed by atoms with Gasteiger partial charge in [-0.2, -0.15) is 0 Å². The fraction of sp³-hybridized carbons (Fsp3) is 0.379. The monoisotopic (exact) mass is 506 g/mol. The lowest BCUT2D eigenvalue weighted by Gasteiger charge is -2.38. The van der Waals surface area contributed by atoms with E-state index in [2.05, 4.69) is 11.4 Å². The van der Waals surface area contributed by atoms with Gasteiger partial charge in [0, 0.05) is 23.0 Å². The van der Waals surface area contributed by atoms with Gasteiger partial charge in [0.25, 0.3) is 5.91 Å². The molecule has 1 aromatic heterocycles. The minimum absolute atomic E-state index is 0.0280. The van der Waals surface area contributed by atoms with Gasteiger partial charge in [-0.1, -0.05) is 25.1 Å². The molecule has 0 aliphatic carbocycles. The minimum Gasteiger partial charge on any atom is -0.497 e. The molecular weight excluding hydrogens is 472 g/mol. The summed E-state index contributed by atoms with van der Waals surface area (Å²) < 4.78 is 11.4. The van der Waals surface area contributed by atoms with Crippen molar-refractivity contribution in [3.05, 3.63) is 81.5 Å². The van der Waals surface area contributed by atoms with E-state index in [4.69, 9.17) is 9.47 Å². The average molecular weight is 507 g/mol. The van der Waals surface area contributed by atoms with E-state index in [1.54, 1.807) is 47.6 Å². The molecule has 3 aromatic rings. The van der Waals surface area contributed by atoms with Crippen LogP contribution >= 0.6 is 11.3 Å². The van der Waals surface area contributed by atoms with Crippen LogP contribution in [0.2, 0.25) is 0 Å². The van der Waals surface area contributed by atoms with E-state index >= 15 is 0 Å². The Hall–Kier alpha value is -3.32. The Morgan fingerprint density at radius 3 is 2.58 bits per heavy atom. The largest absolute Gasteiger partial charge is 0.497 e. The van der Waals surface area contributed by atoms with Gasteiger partial charge >= 0.3 is 0 Å². The molecule has 0 saturated heterocycles. The first-order valence-corrected chi connectivity index (χ1v) is 13.3. The first kappa shape index (κ1) is 25.8. The second-order valence-corrected chi connectivity index (χ2v) is 10.1. The van der Waals surface area contributed by atoms with Gasteiger partial charge in [0.2, 0.25) is 5.91 Å². The van der Waals surface area contributed by atoms with Gasteiger partial charge in [-0.3, -0.25) is 9.59 Å². The van der Waals surface area contributed by atoms with Crippen LogP contribution in [-0.4, -0.2) is 54.5 Å². The summed E-state index contributed by atoms with van der Waals surface area (Å²) in [7, 11) is 1.59. The number of hydrogen-bond acceptors (Lipinski definition) is 5. The van der Waals surface area contributed by atoms with Crippen molar-refractivity contribution in [3.8, 4) is 11.5 Å². The number of ether oxygens (including phenoxy) is 2. The SMILES string of the molecule is CCC(C)N(CC(=O)N1CCc2sccc2C1COc1ccccc1C)C(=O)c1ccc(OC)cc1. The standard InChI is InChI=1S/C29H34N2O4S/c1-5-21(3)31(29(33)22-10-12-23(34-4)13-11-22)18-28(32)30-16-14-27-24(15-17-36-27)25(30)19-35-26-9-7-6-8-20(26)2/h6-13,15,17,21,25H,5,14,16,18-19H2,1-4H3. The van der Waals surface area contributed by atoms with E-state index in [9.17, 15) is 9.59 Å². The summed E-state index contributed by atoms with van der Waals surface area (Å²) >= 11 is 1.73. The Balaban J connectivity index is 1.55. The Morgan fingerprint density at radius 2 is 1.89 bits per heavy atom. The predicted octanol–water partition coefficient (Wildman–Crippen LogP) is 5.51. The molecule has 0 saturated carbocycles. The van der Waals surface area contributed by atoms with Crippen molar-refractivity contribution >= 4 is 23.2 Å². The first-order valence-electron chi connectivity index (χ1n) is 12.4. The van der Waals surface area contributed by atoms with Crippen LogP contribution in [0.1, 0.15) is 52.7 Å². The Bertz CT molecular complexity index is 1190. The Morgan fingerprint density at radius 1 is 1.14 bits per heavy atom. The lowest BCUT2D eigenvalue weighted by atomic mass is 10.00. The molecule has 1 aliphatic rings. The summed E-state index contributed by atoms with van der Waals surface area (Å²) in [6.45, 7) is 7.04. The second kappa shape index (κ2) is 11.6. The van der Waals surface area contributed by atoms with E-state index in [0.29, 0.717) is 24.5 Å². The third-order valence-corrected chi connectivity index (χ3v) is 7.93. The smallest absolute Gasteiger partial charge is 0.254 e. The number of thiophene rings is 1. The highest BCUT2D eigenvalue weighted by Crippen LogP contribution is 2.34. The van der Waals surface area contributed by atoms with Gasteiger partial charge in [0.15, 0.2) is 0 Å². The third kappa shape index (κ3) is 5.57. The molecule has 190 valence electrons. The summed E-state index contributed by atoms with van der Waals surface area (Å²) in [5, 5.41) is 2.08. The molecule has 2 atom stereocenters. The predicted molar refractivity (Wildman–Crippen MR) is 143 cm³/mol. The van der Waals surface area contributed by atoms with Crippen LogP contribution < -0.4 is 9.47 Å². The molecule has 0 spiro atoms. The fourth-order valence-corrected chi connectivity index (χ4v) is 5.47. The van der Waals surface area contributed by atoms with Crippen LogP contribution in [0.15, 0.2) is 60.0 Å². The highest BCUT2D eigenvalue weighted by molar-refractivity contribution is 7.10. The highest BCUT2D eigenvalue weighted by atomic mass is 32.1. The van der Waals surface area contributed by atoms with Gasteiger partial charge in [-0.05, 0) is 79.6 Å². The van der Waals surface area contributed by atoms with E-state index in [-0.39, 0.29) is 30.4 Å². The van der Waals surface area contributed by atoms with Gasteiger partial charge < -0.3 is 19.3 Å². The van der Waals surface area contributed by atoms with Crippen molar-refractivity contribution < 1.29 is 19.1 Å². The number of aryl methyl sites for hydroxylation is 1. The number of amides is 2. The van der Waals surface area contributed by atoms with Crippen LogP contribution in [-0.2, 0) is 11.2 Å². The fourth-order valence-electron chi connectivity index (χ4n) is 4.55. The average Bonchev–Trinajstić information content (AvgIpc) is 3.39. The molecule has 6 nitrogen and oxygen atoms in total. The van der Waals surface area contributed by atoms with Crippen LogP contribution in [0.4, 0.5) is 0 Å². The number of nitrogens with zero attached hydrogens (tertiary/aromatic N) is 2. The van der Waals surface area contributed by atoms with Crippen molar-refractivity contribution in [2.45, 2.75) is 45.7 Å². The van der Waals surface area contributed by atoms with Gasteiger partial charge in [0.05, 0.1) is 13.2 Å². The number of methoxy groups -OCH3 is 1. The van der Waals surface area contributed by atoms with Crippen molar-refractivity contribution in [3.63, 3.8) is 0 Å². The maximum atomic E-state index is 13.7. The maximum Gasteiger partial charge on any atom is 0.254 e. The summed E-state index contributed by atoms with van der Waals surface area (Å²) in [6, 6.07) is 16.8. The number of hydrogen-bond donors (Lipinski definition) is 0. The van der Waals surface area contributed by atoms with Crippen molar-refractivity contribution in [2.24, 2.45) is 0 Å². The highest BCUT2D eigenvalue weighted by Gasteiger charge is 2.34. The van der Waals surface area contributed by atoms with E-state index in [0.717, 1.165) is 29.7 Å². The van der Waals surface area contributed by atoms with Gasteiger partial charge in [-0.15, -0.1) is 11.3 Å². The molecule has 36 heavy (non-hydrogen) atoms. The van der Waals surface area contributed by atoms with Crippen LogP contribution in [0.5, 0.6) is 11.5 Å². The summed E-state index contributed by atoms with van der Waals surface area (Å²) in [5.74, 6) is 1.30. The van der Waals surface area contributed by atoms with Crippen molar-refractivity contribution in [2.75, 3.05) is 26.8 Å². The topological polar surface area (TPSA) is 59.1 Å². The zero-order chi connectivity index (χ0) is 25.7. The normalized spacial score (nSPS) is 15.7. The van der Waals surface area contributed by atoms with E-state index < -0.39 is 0 Å². The van der Waals surface area contributed by atoms with Crippen molar-refractivity contribution in [1.29, 1.82) is 0 Å². The maximum absolute atomic E-state index is 13.7. The molecule has 0 fully saturated rings. The molecule has 0 bridgehead atoms. The minimum atomic E-state index is -0.193. The molecule has 0 N–H and O–H groups in total. The molecule has 4 rings (SSSR count). The lowest BCUT2D eigenvalue weighted by molar-refractivity contribution is -0.136. The molecule has 7 heteroatoms. The number of benzene rings is 2. The number of fused-ring (bicyclic) bond motifs is 1. The number of para-hydroxylation sites is 1. The number of rotatable bonds is 9. The molecule has 0 radical (unpaired) electrons. The quantitative estimate of drug-likeness (QED) is 0.384. The summed E-state index contributed by atoms with van der Waals surface area (Å²) in [4.78, 5) is 32.1. The number of carbonyl (C=O) groups excluding carboxylic acids is 2. The third-order valence-electron chi connectivity index (χ3n) is 6.93. The van der Waals surface area contributed by atoms with E-state index in [1.165, 1.54) is 4.88 Å². The molecule has 1 aliphatic heterocycles. The molecule has 2 aromatic carbocycles. The lowest BCUT2D eigenvalue weighted by Crippen LogP contribution is -2.49. The van der Waals surface area contributed by atoms with Crippen LogP contribution in [0.25, 0.3) is 0 Å². The second-order valence-electron chi connectivity index (χ2n) is 9.15. The van der Waals surface area contributed by atoms with Crippen LogP contribution in [0.3, 0.4) is 0 Å². The van der Waals surface area contributed by atoms with Gasteiger partial charge in [0.1, 0.15) is 24.7 Å². The molecular formula is C29H34N2O4S. The summed E-state index contributed by atoms with van der Waals surface area (Å²) in [5.41, 5.74) is 2.75.